The molecule has 128 valence electrons. The topological polar surface area (TPSA) is 69.4 Å². The number of ether oxygens (including phenoxy) is 2. The van der Waals surface area contributed by atoms with Crippen LogP contribution in [0.3, 0.4) is 0 Å². The summed E-state index contributed by atoms with van der Waals surface area (Å²) in [6.45, 7) is 0.961. The first-order chi connectivity index (χ1) is 12.8. The van der Waals surface area contributed by atoms with E-state index in [-0.39, 0.29) is 6.79 Å². The molecule has 0 radical (unpaired) electrons. The molecule has 0 aliphatic carbocycles. The molecular formula is C20H15N3O3. The van der Waals surface area contributed by atoms with Gasteiger partial charge >= 0.3 is 0 Å². The van der Waals surface area contributed by atoms with E-state index in [9.17, 15) is 0 Å². The minimum Gasteiger partial charge on any atom is -0.454 e. The van der Waals surface area contributed by atoms with Crippen LogP contribution in [-0.2, 0) is 6.54 Å². The number of hydrogen-bond donors (Lipinski definition) is 1. The summed E-state index contributed by atoms with van der Waals surface area (Å²) >= 11 is 0. The second-order valence-electron chi connectivity index (χ2n) is 5.97. The smallest absolute Gasteiger partial charge is 0.231 e. The van der Waals surface area contributed by atoms with Crippen molar-refractivity contribution in [3.8, 4) is 23.0 Å². The molecule has 3 heterocycles. The molecule has 0 fully saturated rings. The van der Waals surface area contributed by atoms with Crippen molar-refractivity contribution in [1.29, 1.82) is 0 Å². The van der Waals surface area contributed by atoms with E-state index >= 15 is 0 Å². The van der Waals surface area contributed by atoms with Gasteiger partial charge in [0.25, 0.3) is 0 Å². The quantitative estimate of drug-likeness (QED) is 0.597. The van der Waals surface area contributed by atoms with E-state index in [0.717, 1.165) is 28.3 Å². The normalized spacial score (nSPS) is 12.5. The lowest BCUT2D eigenvalue weighted by Crippen LogP contribution is -1.99. The Balaban J connectivity index is 1.36. The van der Waals surface area contributed by atoms with Crippen molar-refractivity contribution < 1.29 is 13.9 Å². The molecule has 0 amide bonds. The van der Waals surface area contributed by atoms with Gasteiger partial charge < -0.3 is 19.2 Å². The SMILES string of the molecule is c1cc(NCc2ccc3c(c2)OCO3)cc(-c2nc3ncccc3o2)c1. The Hall–Kier alpha value is -3.54. The molecule has 0 unspecified atom stereocenters. The lowest BCUT2D eigenvalue weighted by molar-refractivity contribution is 0.174. The average Bonchev–Trinajstić information content (AvgIpc) is 3.32. The van der Waals surface area contributed by atoms with E-state index in [1.54, 1.807) is 6.20 Å². The largest absolute Gasteiger partial charge is 0.454 e. The van der Waals surface area contributed by atoms with Gasteiger partial charge in [-0.15, -0.1) is 0 Å². The van der Waals surface area contributed by atoms with E-state index in [4.69, 9.17) is 13.9 Å². The fourth-order valence-electron chi connectivity index (χ4n) is 2.91. The molecule has 1 aliphatic heterocycles. The van der Waals surface area contributed by atoms with Crippen LogP contribution in [0.2, 0.25) is 0 Å². The van der Waals surface area contributed by atoms with Crippen molar-refractivity contribution in [2.24, 2.45) is 0 Å². The van der Waals surface area contributed by atoms with Gasteiger partial charge in [0, 0.05) is 24.0 Å². The van der Waals surface area contributed by atoms with E-state index < -0.39 is 0 Å². The summed E-state index contributed by atoms with van der Waals surface area (Å²) in [7, 11) is 0. The van der Waals surface area contributed by atoms with Crippen molar-refractivity contribution in [3.63, 3.8) is 0 Å². The van der Waals surface area contributed by atoms with Gasteiger partial charge in [-0.2, -0.15) is 4.98 Å². The molecule has 2 aromatic carbocycles. The van der Waals surface area contributed by atoms with Gasteiger partial charge in [0.15, 0.2) is 22.7 Å². The summed E-state index contributed by atoms with van der Waals surface area (Å²) in [5.41, 5.74) is 4.29. The molecule has 1 aliphatic rings. The molecule has 5 rings (SSSR count). The van der Waals surface area contributed by atoms with Crippen LogP contribution in [0.5, 0.6) is 11.5 Å². The third-order valence-corrected chi connectivity index (χ3v) is 4.21. The molecule has 0 atom stereocenters. The maximum absolute atomic E-state index is 5.79. The number of rotatable bonds is 4. The van der Waals surface area contributed by atoms with E-state index in [1.807, 2.05) is 54.6 Å². The second-order valence-corrected chi connectivity index (χ2v) is 5.97. The standard InChI is InChI=1S/C20H15N3O3/c1-3-14(20-23-19-17(26-20)5-2-8-21-19)10-15(4-1)22-11-13-6-7-16-18(9-13)25-12-24-16/h1-10,22H,11-12H2. The molecule has 4 aromatic rings. The highest BCUT2D eigenvalue weighted by atomic mass is 16.7. The molecule has 6 heteroatoms. The highest BCUT2D eigenvalue weighted by molar-refractivity contribution is 5.73. The van der Waals surface area contributed by atoms with Crippen LogP contribution >= 0.6 is 0 Å². The van der Waals surface area contributed by atoms with Crippen LogP contribution in [0, 0.1) is 0 Å². The Bertz CT molecular complexity index is 1060. The van der Waals surface area contributed by atoms with E-state index in [1.165, 1.54) is 0 Å². The first kappa shape index (κ1) is 14.8. The summed E-state index contributed by atoms with van der Waals surface area (Å²) in [5, 5.41) is 3.41. The number of aromatic nitrogens is 2. The molecule has 2 aromatic heterocycles. The van der Waals surface area contributed by atoms with Crippen LogP contribution in [-0.4, -0.2) is 16.8 Å². The zero-order chi connectivity index (χ0) is 17.3. The van der Waals surface area contributed by atoms with Crippen molar-refractivity contribution >= 4 is 16.9 Å². The van der Waals surface area contributed by atoms with Gasteiger partial charge in [-0.05, 0) is 48.0 Å². The second kappa shape index (κ2) is 6.07. The first-order valence-electron chi connectivity index (χ1n) is 8.29. The molecule has 6 nitrogen and oxygen atoms in total. The fraction of sp³-hybridized carbons (Fsp3) is 0.100. The van der Waals surface area contributed by atoms with E-state index in [2.05, 4.69) is 15.3 Å². The molecule has 26 heavy (non-hydrogen) atoms. The first-order valence-corrected chi connectivity index (χ1v) is 8.29. The molecule has 0 spiro atoms. The summed E-state index contributed by atoms with van der Waals surface area (Å²) in [6.07, 6.45) is 1.71. The van der Waals surface area contributed by atoms with E-state index in [0.29, 0.717) is 23.7 Å². The fourth-order valence-corrected chi connectivity index (χ4v) is 2.91. The van der Waals surface area contributed by atoms with Crippen LogP contribution in [0.15, 0.2) is 65.2 Å². The van der Waals surface area contributed by atoms with Crippen molar-refractivity contribution in [2.75, 3.05) is 12.1 Å². The summed E-state index contributed by atoms with van der Waals surface area (Å²) in [5.74, 6) is 2.14. The third kappa shape index (κ3) is 2.71. The Morgan fingerprint density at radius 1 is 0.962 bits per heavy atom. The van der Waals surface area contributed by atoms with Crippen LogP contribution in [0.1, 0.15) is 5.56 Å². The molecule has 1 N–H and O–H groups in total. The van der Waals surface area contributed by atoms with Gasteiger partial charge in [-0.3, -0.25) is 0 Å². The number of anilines is 1. The van der Waals surface area contributed by atoms with Gasteiger partial charge in [-0.1, -0.05) is 12.1 Å². The van der Waals surface area contributed by atoms with Crippen molar-refractivity contribution in [1.82, 2.24) is 9.97 Å². The predicted molar refractivity (Wildman–Crippen MR) is 97.1 cm³/mol. The average molecular weight is 345 g/mol. The number of oxazole rings is 1. The third-order valence-electron chi connectivity index (χ3n) is 4.21. The lowest BCUT2D eigenvalue weighted by atomic mass is 10.1. The van der Waals surface area contributed by atoms with Gasteiger partial charge in [-0.25, -0.2) is 4.98 Å². The maximum atomic E-state index is 5.79. The zero-order valence-corrected chi connectivity index (χ0v) is 13.8. The highest BCUT2D eigenvalue weighted by Gasteiger charge is 2.13. The van der Waals surface area contributed by atoms with Crippen molar-refractivity contribution in [3.05, 3.63) is 66.4 Å². The molecule has 0 bridgehead atoms. The number of hydrogen-bond acceptors (Lipinski definition) is 6. The maximum Gasteiger partial charge on any atom is 0.231 e. The Kier molecular flexibility index (Phi) is 3.45. The Labute approximate surface area is 149 Å². The monoisotopic (exact) mass is 345 g/mol. The minimum atomic E-state index is 0.285. The number of pyridine rings is 1. The number of nitrogens with one attached hydrogen (secondary N) is 1. The Morgan fingerprint density at radius 2 is 1.92 bits per heavy atom. The number of fused-ring (bicyclic) bond motifs is 2. The molecule has 0 saturated heterocycles. The van der Waals surface area contributed by atoms with Gasteiger partial charge in [0.2, 0.25) is 12.7 Å². The van der Waals surface area contributed by atoms with Gasteiger partial charge in [0.05, 0.1) is 0 Å². The highest BCUT2D eigenvalue weighted by Crippen LogP contribution is 2.33. The lowest BCUT2D eigenvalue weighted by Gasteiger charge is -2.08. The summed E-state index contributed by atoms with van der Waals surface area (Å²) in [4.78, 5) is 8.66. The number of nitrogens with zero attached hydrogens (tertiary/aromatic N) is 2. The summed E-state index contributed by atoms with van der Waals surface area (Å²) < 4.78 is 16.6. The van der Waals surface area contributed by atoms with Gasteiger partial charge in [0.1, 0.15) is 0 Å². The van der Waals surface area contributed by atoms with Crippen molar-refractivity contribution in [2.45, 2.75) is 6.54 Å². The predicted octanol–water partition coefficient (Wildman–Crippen LogP) is 4.23. The van der Waals surface area contributed by atoms with Crippen LogP contribution < -0.4 is 14.8 Å². The number of benzene rings is 2. The molecular weight excluding hydrogens is 330 g/mol. The van der Waals surface area contributed by atoms with Crippen LogP contribution in [0.4, 0.5) is 5.69 Å². The zero-order valence-electron chi connectivity index (χ0n) is 13.8. The summed E-state index contributed by atoms with van der Waals surface area (Å²) in [6, 6.07) is 17.6. The molecule has 0 saturated carbocycles. The van der Waals surface area contributed by atoms with Crippen LogP contribution in [0.25, 0.3) is 22.7 Å². The Morgan fingerprint density at radius 3 is 2.88 bits per heavy atom. The minimum absolute atomic E-state index is 0.285.